The summed E-state index contributed by atoms with van der Waals surface area (Å²) in [6.07, 6.45) is 1.18. The van der Waals surface area contributed by atoms with Crippen molar-refractivity contribution < 1.29 is 4.74 Å². The third kappa shape index (κ3) is 2.50. The van der Waals surface area contributed by atoms with Crippen molar-refractivity contribution in [1.82, 2.24) is 0 Å². The molecule has 0 radical (unpaired) electrons. The average molecular weight is 254 g/mol. The monoisotopic (exact) mass is 254 g/mol. The van der Waals surface area contributed by atoms with Crippen LogP contribution in [0.2, 0.25) is 0 Å². The summed E-state index contributed by atoms with van der Waals surface area (Å²) in [5.74, 6) is 1.34. The first kappa shape index (κ1) is 11.9. The van der Waals surface area contributed by atoms with Crippen molar-refractivity contribution >= 4 is 11.4 Å². The van der Waals surface area contributed by atoms with Crippen LogP contribution < -0.4 is 15.8 Å². The molecule has 1 aliphatic carbocycles. The van der Waals surface area contributed by atoms with E-state index in [2.05, 4.69) is 35.6 Å². The summed E-state index contributed by atoms with van der Waals surface area (Å²) in [5, 5.41) is 3.53. The second-order valence-corrected chi connectivity index (χ2v) is 4.96. The number of rotatable bonds is 4. The lowest BCUT2D eigenvalue weighted by molar-refractivity contribution is 0.417. The van der Waals surface area contributed by atoms with Gasteiger partial charge in [0.15, 0.2) is 0 Å². The van der Waals surface area contributed by atoms with Crippen LogP contribution in [0, 0.1) is 0 Å². The van der Waals surface area contributed by atoms with Crippen LogP contribution in [0.15, 0.2) is 48.5 Å². The molecule has 0 saturated heterocycles. The topological polar surface area (TPSA) is 47.3 Å². The third-order valence-corrected chi connectivity index (χ3v) is 3.60. The average Bonchev–Trinajstić information content (AvgIpc) is 3.21. The summed E-state index contributed by atoms with van der Waals surface area (Å²) < 4.78 is 5.23. The number of methoxy groups -OCH3 is 1. The standard InChI is InChI=1S/C16H18N2O/c1-19-16-9-12(7-8-14(16)17)18-15-10-13(15)11-5-3-2-4-6-11/h2-9,13,15,18H,10,17H2,1H3. The Labute approximate surface area is 113 Å². The lowest BCUT2D eigenvalue weighted by atomic mass is 10.1. The first-order valence-corrected chi connectivity index (χ1v) is 6.53. The van der Waals surface area contributed by atoms with Gasteiger partial charge in [-0.15, -0.1) is 0 Å². The molecule has 2 aromatic carbocycles. The molecule has 1 fully saturated rings. The number of benzene rings is 2. The fraction of sp³-hybridized carbons (Fsp3) is 0.250. The molecular formula is C16H18N2O. The molecule has 2 atom stereocenters. The highest BCUT2D eigenvalue weighted by atomic mass is 16.5. The summed E-state index contributed by atoms with van der Waals surface area (Å²) in [6, 6.07) is 17.0. The Kier molecular flexibility index (Phi) is 3.03. The van der Waals surface area contributed by atoms with Crippen molar-refractivity contribution in [1.29, 1.82) is 0 Å². The maximum atomic E-state index is 5.81. The van der Waals surface area contributed by atoms with Crippen molar-refractivity contribution in [3.05, 3.63) is 54.1 Å². The molecule has 2 unspecified atom stereocenters. The molecule has 3 N–H and O–H groups in total. The Balaban J connectivity index is 1.68. The SMILES string of the molecule is COc1cc(NC2CC2c2ccccc2)ccc1N. The molecule has 2 aromatic rings. The second kappa shape index (κ2) is 4.84. The highest BCUT2D eigenvalue weighted by Crippen LogP contribution is 2.43. The number of nitrogens with one attached hydrogen (secondary N) is 1. The van der Waals surface area contributed by atoms with Gasteiger partial charge < -0.3 is 15.8 Å². The van der Waals surface area contributed by atoms with Gasteiger partial charge in [0.1, 0.15) is 5.75 Å². The van der Waals surface area contributed by atoms with Gasteiger partial charge in [0.05, 0.1) is 12.8 Å². The summed E-state index contributed by atoms with van der Waals surface area (Å²) in [6.45, 7) is 0. The highest BCUT2D eigenvalue weighted by molar-refractivity contribution is 5.62. The lowest BCUT2D eigenvalue weighted by Crippen LogP contribution is -2.04. The van der Waals surface area contributed by atoms with Gasteiger partial charge >= 0.3 is 0 Å². The Hall–Kier alpha value is -2.16. The van der Waals surface area contributed by atoms with E-state index in [0.717, 1.165) is 11.4 Å². The van der Waals surface area contributed by atoms with Crippen molar-refractivity contribution in [2.75, 3.05) is 18.2 Å². The maximum Gasteiger partial charge on any atom is 0.143 e. The molecule has 3 nitrogen and oxygen atoms in total. The van der Waals surface area contributed by atoms with Crippen molar-refractivity contribution in [3.8, 4) is 5.75 Å². The van der Waals surface area contributed by atoms with Crippen LogP contribution in [0.25, 0.3) is 0 Å². The molecule has 0 spiro atoms. The van der Waals surface area contributed by atoms with Crippen LogP contribution in [-0.2, 0) is 0 Å². The normalized spacial score (nSPS) is 20.9. The molecule has 19 heavy (non-hydrogen) atoms. The minimum absolute atomic E-state index is 0.510. The van der Waals surface area contributed by atoms with Crippen LogP contribution >= 0.6 is 0 Å². The van der Waals surface area contributed by atoms with E-state index in [-0.39, 0.29) is 0 Å². The maximum absolute atomic E-state index is 5.81. The highest BCUT2D eigenvalue weighted by Gasteiger charge is 2.38. The molecule has 1 saturated carbocycles. The second-order valence-electron chi connectivity index (χ2n) is 4.96. The van der Waals surface area contributed by atoms with Gasteiger partial charge in [-0.05, 0) is 24.1 Å². The zero-order valence-corrected chi connectivity index (χ0v) is 11.0. The zero-order valence-electron chi connectivity index (χ0n) is 11.0. The molecule has 0 amide bonds. The van der Waals surface area contributed by atoms with Crippen LogP contribution in [0.4, 0.5) is 11.4 Å². The van der Waals surface area contributed by atoms with Gasteiger partial charge in [0, 0.05) is 23.7 Å². The van der Waals surface area contributed by atoms with Gasteiger partial charge in [0.2, 0.25) is 0 Å². The minimum Gasteiger partial charge on any atom is -0.495 e. The molecule has 3 rings (SSSR count). The third-order valence-electron chi connectivity index (χ3n) is 3.60. The summed E-state index contributed by atoms with van der Waals surface area (Å²) in [7, 11) is 1.64. The summed E-state index contributed by atoms with van der Waals surface area (Å²) in [4.78, 5) is 0. The molecule has 98 valence electrons. The largest absolute Gasteiger partial charge is 0.495 e. The molecule has 0 aliphatic heterocycles. The van der Waals surface area contributed by atoms with Crippen molar-refractivity contribution in [2.24, 2.45) is 0 Å². The van der Waals surface area contributed by atoms with Crippen LogP contribution in [0.1, 0.15) is 17.9 Å². The van der Waals surface area contributed by atoms with Crippen LogP contribution in [-0.4, -0.2) is 13.2 Å². The molecule has 1 aliphatic rings. The van der Waals surface area contributed by atoms with E-state index in [9.17, 15) is 0 Å². The van der Waals surface area contributed by atoms with Crippen LogP contribution in [0.3, 0.4) is 0 Å². The molecule has 3 heteroatoms. The predicted octanol–water partition coefficient (Wildman–Crippen LogP) is 3.25. The van der Waals surface area contributed by atoms with Gasteiger partial charge in [-0.2, -0.15) is 0 Å². The number of hydrogen-bond acceptors (Lipinski definition) is 3. The first-order valence-electron chi connectivity index (χ1n) is 6.53. The Morgan fingerprint density at radius 1 is 1.16 bits per heavy atom. The molecular weight excluding hydrogens is 236 g/mol. The van der Waals surface area contributed by atoms with Crippen LogP contribution in [0.5, 0.6) is 5.75 Å². The number of ether oxygens (including phenoxy) is 1. The molecule has 0 bridgehead atoms. The number of hydrogen-bond donors (Lipinski definition) is 2. The molecule has 0 aromatic heterocycles. The van der Waals surface area contributed by atoms with E-state index in [1.54, 1.807) is 7.11 Å². The first-order chi connectivity index (χ1) is 9.28. The molecule has 0 heterocycles. The van der Waals surface area contributed by atoms with Gasteiger partial charge in [-0.1, -0.05) is 30.3 Å². The Bertz CT molecular complexity index is 568. The zero-order chi connectivity index (χ0) is 13.2. The van der Waals surface area contributed by atoms with E-state index in [1.165, 1.54) is 12.0 Å². The van der Waals surface area contributed by atoms with Crippen molar-refractivity contribution in [2.45, 2.75) is 18.4 Å². The smallest absolute Gasteiger partial charge is 0.143 e. The quantitative estimate of drug-likeness (QED) is 0.823. The van der Waals surface area contributed by atoms with E-state index >= 15 is 0 Å². The fourth-order valence-corrected chi connectivity index (χ4v) is 2.44. The van der Waals surface area contributed by atoms with Gasteiger partial charge in [0.25, 0.3) is 0 Å². The van der Waals surface area contributed by atoms with E-state index < -0.39 is 0 Å². The summed E-state index contributed by atoms with van der Waals surface area (Å²) in [5.41, 5.74) is 8.95. The Morgan fingerprint density at radius 2 is 1.95 bits per heavy atom. The van der Waals surface area contributed by atoms with Gasteiger partial charge in [-0.3, -0.25) is 0 Å². The summed E-state index contributed by atoms with van der Waals surface area (Å²) >= 11 is 0. The fourth-order valence-electron chi connectivity index (χ4n) is 2.44. The van der Waals surface area contributed by atoms with Crippen molar-refractivity contribution in [3.63, 3.8) is 0 Å². The van der Waals surface area contributed by atoms with E-state index in [1.807, 2.05) is 18.2 Å². The number of anilines is 2. The van der Waals surface area contributed by atoms with E-state index in [0.29, 0.717) is 17.6 Å². The Morgan fingerprint density at radius 3 is 2.68 bits per heavy atom. The van der Waals surface area contributed by atoms with E-state index in [4.69, 9.17) is 10.5 Å². The predicted molar refractivity (Wildman–Crippen MR) is 78.6 cm³/mol. The van der Waals surface area contributed by atoms with Gasteiger partial charge in [-0.25, -0.2) is 0 Å². The lowest BCUT2D eigenvalue weighted by Gasteiger charge is -2.10. The minimum atomic E-state index is 0.510. The number of nitrogen functional groups attached to an aromatic ring is 1. The number of nitrogens with two attached hydrogens (primary N) is 1.